The highest BCUT2D eigenvalue weighted by Gasteiger charge is 2.20. The summed E-state index contributed by atoms with van der Waals surface area (Å²) < 4.78 is 21.9. The van der Waals surface area contributed by atoms with Gasteiger partial charge in [-0.1, -0.05) is 0 Å². The molecule has 0 bridgehead atoms. The van der Waals surface area contributed by atoms with Crippen LogP contribution < -0.4 is 14.9 Å². The summed E-state index contributed by atoms with van der Waals surface area (Å²) in [4.78, 5) is 15.2. The highest BCUT2D eigenvalue weighted by Crippen LogP contribution is 2.24. The van der Waals surface area contributed by atoms with Gasteiger partial charge >= 0.3 is 0 Å². The Hall–Kier alpha value is -2.10. The van der Waals surface area contributed by atoms with Crippen molar-refractivity contribution in [2.45, 2.75) is 19.3 Å². The van der Waals surface area contributed by atoms with Crippen LogP contribution in [0.2, 0.25) is 0 Å². The molecule has 1 unspecified atom stereocenters. The van der Waals surface area contributed by atoms with E-state index in [1.54, 1.807) is 18.6 Å². The Bertz CT molecular complexity index is 694. The summed E-state index contributed by atoms with van der Waals surface area (Å²) in [5, 5.41) is 3.16. The predicted octanol–water partition coefficient (Wildman–Crippen LogP) is 1.95. The zero-order valence-electron chi connectivity index (χ0n) is 13.8. The van der Waals surface area contributed by atoms with Crippen molar-refractivity contribution >= 4 is 28.7 Å². The van der Waals surface area contributed by atoms with Crippen LogP contribution in [0.4, 0.5) is 17.5 Å². The van der Waals surface area contributed by atoms with Crippen LogP contribution in [-0.2, 0) is 11.3 Å². The normalized spacial score (nSPS) is 16.6. The van der Waals surface area contributed by atoms with Gasteiger partial charge in [0, 0.05) is 32.0 Å². The van der Waals surface area contributed by atoms with Gasteiger partial charge in [0.1, 0.15) is 5.82 Å². The number of piperidine rings is 1. The molecule has 2 aromatic rings. The van der Waals surface area contributed by atoms with Crippen LogP contribution in [0.25, 0.3) is 0 Å². The summed E-state index contributed by atoms with van der Waals surface area (Å²) in [6.07, 6.45) is 8.23. The van der Waals surface area contributed by atoms with Crippen LogP contribution >= 0.6 is 0 Å². The molecule has 3 N–H and O–H groups in total. The lowest BCUT2D eigenvalue weighted by atomic mass is 9.94. The molecular weight excluding hydrogens is 340 g/mol. The maximum absolute atomic E-state index is 10.6. The Labute approximate surface area is 149 Å². The molecule has 8 nitrogen and oxygen atoms in total. The topological polar surface area (TPSA) is 103 Å². The van der Waals surface area contributed by atoms with Crippen molar-refractivity contribution in [3.05, 3.63) is 36.8 Å². The molecule has 1 aliphatic heterocycles. The van der Waals surface area contributed by atoms with Crippen molar-refractivity contribution in [2.24, 2.45) is 5.92 Å². The first-order valence-electron chi connectivity index (χ1n) is 8.30. The lowest BCUT2D eigenvalue weighted by Gasteiger charge is -2.32. The number of rotatable bonds is 7. The predicted molar refractivity (Wildman–Crippen MR) is 97.9 cm³/mol. The Kier molecular flexibility index (Phi) is 6.26. The van der Waals surface area contributed by atoms with Crippen LogP contribution in [0.15, 0.2) is 36.8 Å². The average molecular weight is 362 g/mol. The number of nitrogens with one attached hydrogen (secondary N) is 2. The fourth-order valence-corrected chi connectivity index (χ4v) is 3.24. The quantitative estimate of drug-likeness (QED) is 0.647. The summed E-state index contributed by atoms with van der Waals surface area (Å²) in [7, 11) is 0. The molecular formula is C16H22N6O2S. The minimum absolute atomic E-state index is 0.558. The van der Waals surface area contributed by atoms with Crippen LogP contribution in [0, 0.1) is 5.92 Å². The summed E-state index contributed by atoms with van der Waals surface area (Å²) in [5.41, 5.74) is 0.854. The molecule has 1 fully saturated rings. The molecule has 0 aliphatic carbocycles. The molecule has 134 valence electrons. The second-order valence-corrected chi connectivity index (χ2v) is 6.75. The SMILES string of the molecule is O=S(O)NCCC1CCN(c2ccnc(Nc3cccnc3)n2)CC1. The molecule has 0 saturated carbocycles. The molecule has 0 spiro atoms. The minimum Gasteiger partial charge on any atom is -0.356 e. The van der Waals surface area contributed by atoms with Crippen molar-refractivity contribution in [1.29, 1.82) is 0 Å². The smallest absolute Gasteiger partial charge is 0.231 e. The van der Waals surface area contributed by atoms with Gasteiger partial charge in [0.05, 0.1) is 11.9 Å². The minimum atomic E-state index is -1.92. The largest absolute Gasteiger partial charge is 0.356 e. The monoisotopic (exact) mass is 362 g/mol. The van der Waals surface area contributed by atoms with Crippen LogP contribution in [0.5, 0.6) is 0 Å². The molecule has 2 aromatic heterocycles. The van der Waals surface area contributed by atoms with Crippen LogP contribution in [0.1, 0.15) is 19.3 Å². The lowest BCUT2D eigenvalue weighted by Crippen LogP contribution is -2.35. The zero-order valence-corrected chi connectivity index (χ0v) is 14.7. The van der Waals surface area contributed by atoms with E-state index in [-0.39, 0.29) is 0 Å². The number of hydrogen-bond donors (Lipinski definition) is 3. The molecule has 1 aliphatic rings. The standard InChI is InChI=1S/C16H22N6O2S/c23-25(24)19-9-3-13-5-10-22(11-6-13)15-4-8-18-16(21-15)20-14-2-1-7-17-12-14/h1-2,4,7-8,12-13,19H,3,5-6,9-11H2,(H,23,24)(H,18,20,21). The van der Waals surface area contributed by atoms with Crippen LogP contribution in [-0.4, -0.2) is 43.3 Å². The van der Waals surface area contributed by atoms with E-state index in [1.807, 2.05) is 18.2 Å². The van der Waals surface area contributed by atoms with Crippen LogP contribution in [0.3, 0.4) is 0 Å². The van der Waals surface area contributed by atoms with Gasteiger partial charge in [0.2, 0.25) is 17.2 Å². The molecule has 25 heavy (non-hydrogen) atoms. The van der Waals surface area contributed by atoms with E-state index in [4.69, 9.17) is 4.55 Å². The summed E-state index contributed by atoms with van der Waals surface area (Å²) in [6.45, 7) is 2.42. The number of hydrogen-bond acceptors (Lipinski definition) is 6. The first kappa shape index (κ1) is 17.7. The van der Waals surface area contributed by atoms with Crippen molar-refractivity contribution in [3.8, 4) is 0 Å². The Morgan fingerprint density at radius 1 is 1.28 bits per heavy atom. The van der Waals surface area contributed by atoms with Gasteiger partial charge in [-0.2, -0.15) is 4.98 Å². The fraction of sp³-hybridized carbons (Fsp3) is 0.438. The first-order valence-corrected chi connectivity index (χ1v) is 9.41. The summed E-state index contributed by atoms with van der Waals surface area (Å²) >= 11 is -1.92. The van der Waals surface area contributed by atoms with Gasteiger partial charge in [0.15, 0.2) is 0 Å². The lowest BCUT2D eigenvalue weighted by molar-refractivity contribution is 0.380. The molecule has 1 saturated heterocycles. The van der Waals surface area contributed by atoms with Gasteiger partial charge in [-0.25, -0.2) is 13.9 Å². The third-order valence-electron chi connectivity index (χ3n) is 4.28. The molecule has 0 radical (unpaired) electrons. The van der Waals surface area contributed by atoms with Gasteiger partial charge in [-0.05, 0) is 43.4 Å². The van der Waals surface area contributed by atoms with Crippen molar-refractivity contribution in [3.63, 3.8) is 0 Å². The van der Waals surface area contributed by atoms with Crippen molar-refractivity contribution < 1.29 is 8.76 Å². The number of nitrogens with zero attached hydrogens (tertiary/aromatic N) is 4. The van der Waals surface area contributed by atoms with E-state index in [0.717, 1.165) is 43.9 Å². The van der Waals surface area contributed by atoms with Gasteiger partial charge in [0.25, 0.3) is 0 Å². The molecule has 3 rings (SSSR count). The van der Waals surface area contributed by atoms with Gasteiger partial charge in [-0.3, -0.25) is 9.54 Å². The maximum atomic E-state index is 10.6. The average Bonchev–Trinajstić information content (AvgIpc) is 2.63. The van der Waals surface area contributed by atoms with Gasteiger partial charge in [-0.15, -0.1) is 0 Å². The zero-order chi connectivity index (χ0) is 17.5. The second kappa shape index (κ2) is 8.84. The molecule has 0 amide bonds. The van der Waals surface area contributed by atoms with E-state index in [1.165, 1.54) is 0 Å². The van der Waals surface area contributed by atoms with Gasteiger partial charge < -0.3 is 10.2 Å². The number of anilines is 3. The van der Waals surface area contributed by atoms with Crippen molar-refractivity contribution in [1.82, 2.24) is 19.7 Å². The van der Waals surface area contributed by atoms with E-state index < -0.39 is 11.3 Å². The molecule has 0 aromatic carbocycles. The molecule has 9 heteroatoms. The summed E-state index contributed by atoms with van der Waals surface area (Å²) in [6, 6.07) is 5.70. The second-order valence-electron chi connectivity index (χ2n) is 5.97. The maximum Gasteiger partial charge on any atom is 0.231 e. The molecule has 1 atom stereocenters. The number of pyridine rings is 1. The Morgan fingerprint density at radius 2 is 2.12 bits per heavy atom. The highest BCUT2D eigenvalue weighted by molar-refractivity contribution is 7.77. The van der Waals surface area contributed by atoms with E-state index in [2.05, 4.69) is 29.9 Å². The fourth-order valence-electron chi connectivity index (χ4n) is 2.95. The first-order chi connectivity index (χ1) is 12.2. The third-order valence-corrected chi connectivity index (χ3v) is 4.73. The van der Waals surface area contributed by atoms with E-state index in [9.17, 15) is 4.21 Å². The highest BCUT2D eigenvalue weighted by atomic mass is 32.2. The summed E-state index contributed by atoms with van der Waals surface area (Å²) in [5.74, 6) is 2.04. The number of aromatic nitrogens is 3. The van der Waals surface area contributed by atoms with E-state index >= 15 is 0 Å². The van der Waals surface area contributed by atoms with Crippen molar-refractivity contribution in [2.75, 3.05) is 29.9 Å². The Morgan fingerprint density at radius 3 is 2.84 bits per heavy atom. The molecule has 3 heterocycles. The van der Waals surface area contributed by atoms with E-state index in [0.29, 0.717) is 18.4 Å². The third kappa shape index (κ3) is 5.45. The Balaban J connectivity index is 1.53.